The predicted octanol–water partition coefficient (Wildman–Crippen LogP) is 8.32. The smallest absolute Gasteiger partial charge is 0.272 e. The highest BCUT2D eigenvalue weighted by atomic mass is 35.5. The second kappa shape index (κ2) is 14.5. The molecule has 2 heterocycles. The number of thiazole rings is 1. The molecule has 0 bridgehead atoms. The lowest BCUT2D eigenvalue weighted by Crippen LogP contribution is -2.30. The molecule has 2 aromatic heterocycles. The maximum Gasteiger partial charge on any atom is 0.272 e. The van der Waals surface area contributed by atoms with Crippen molar-refractivity contribution in [3.63, 3.8) is 0 Å². The van der Waals surface area contributed by atoms with Crippen LogP contribution in [-0.2, 0) is 9.59 Å². The Hall–Kier alpha value is -3.93. The molecular weight excluding hydrogens is 643 g/mol. The average Bonchev–Trinajstić information content (AvgIpc) is 3.71. The van der Waals surface area contributed by atoms with E-state index in [1.54, 1.807) is 84.1 Å². The van der Waals surface area contributed by atoms with E-state index in [0.717, 1.165) is 15.5 Å². The van der Waals surface area contributed by atoms with Crippen LogP contribution in [-0.4, -0.2) is 28.5 Å². The maximum atomic E-state index is 13.3. The van der Waals surface area contributed by atoms with Gasteiger partial charge in [-0.1, -0.05) is 53.5 Å². The van der Waals surface area contributed by atoms with Gasteiger partial charge in [-0.3, -0.25) is 14.4 Å². The first-order chi connectivity index (χ1) is 20.8. The van der Waals surface area contributed by atoms with Crippen LogP contribution in [0.2, 0.25) is 10.0 Å². The highest BCUT2D eigenvalue weighted by Gasteiger charge is 2.16. The minimum atomic E-state index is -0.541. The summed E-state index contributed by atoms with van der Waals surface area (Å²) in [4.78, 5) is 45.0. The fourth-order valence-electron chi connectivity index (χ4n) is 3.72. The van der Waals surface area contributed by atoms with Crippen LogP contribution < -0.4 is 16.0 Å². The summed E-state index contributed by atoms with van der Waals surface area (Å²) in [5.41, 5.74) is 2.25. The number of benzene rings is 3. The van der Waals surface area contributed by atoms with Gasteiger partial charge in [0, 0.05) is 31.6 Å². The molecule has 216 valence electrons. The number of nitrogens with zero attached hydrogens (tertiary/aromatic N) is 1. The number of rotatable bonds is 10. The van der Waals surface area contributed by atoms with Crippen molar-refractivity contribution in [1.82, 2.24) is 10.3 Å². The summed E-state index contributed by atoms with van der Waals surface area (Å²) in [5, 5.41) is 13.5. The quantitative estimate of drug-likeness (QED) is 0.103. The van der Waals surface area contributed by atoms with Gasteiger partial charge in [-0.05, 0) is 71.6 Å². The summed E-state index contributed by atoms with van der Waals surface area (Å²) in [6, 6.07) is 24.4. The molecule has 3 amide bonds. The first kappa shape index (κ1) is 30.5. The molecule has 0 aliphatic rings. The number of anilines is 2. The summed E-state index contributed by atoms with van der Waals surface area (Å²) < 4.78 is 0. The third-order valence-corrected chi connectivity index (χ3v) is 9.02. The van der Waals surface area contributed by atoms with Gasteiger partial charge in [-0.25, -0.2) is 4.98 Å². The summed E-state index contributed by atoms with van der Waals surface area (Å²) in [5.74, 6) is -0.961. The van der Waals surface area contributed by atoms with Crippen molar-refractivity contribution in [1.29, 1.82) is 0 Å². The van der Waals surface area contributed by atoms with Crippen molar-refractivity contribution in [2.24, 2.45) is 0 Å². The van der Waals surface area contributed by atoms with Crippen LogP contribution in [0.5, 0.6) is 0 Å². The zero-order valence-electron chi connectivity index (χ0n) is 22.2. The molecule has 7 nitrogen and oxygen atoms in total. The molecule has 12 heteroatoms. The topological polar surface area (TPSA) is 100 Å². The lowest BCUT2D eigenvalue weighted by Gasteiger charge is -2.12. The van der Waals surface area contributed by atoms with Gasteiger partial charge < -0.3 is 16.0 Å². The predicted molar refractivity (Wildman–Crippen MR) is 178 cm³/mol. The van der Waals surface area contributed by atoms with Crippen LogP contribution in [0.1, 0.15) is 15.9 Å². The van der Waals surface area contributed by atoms with Crippen molar-refractivity contribution in [2.75, 3.05) is 16.4 Å². The van der Waals surface area contributed by atoms with Gasteiger partial charge >= 0.3 is 0 Å². The molecule has 0 atom stereocenters. The van der Waals surface area contributed by atoms with Crippen molar-refractivity contribution < 1.29 is 14.4 Å². The Morgan fingerprint density at radius 3 is 2.40 bits per heavy atom. The Bertz CT molecular complexity index is 1770. The van der Waals surface area contributed by atoms with Gasteiger partial charge in [0.1, 0.15) is 5.70 Å². The van der Waals surface area contributed by atoms with E-state index in [-0.39, 0.29) is 17.4 Å². The SMILES string of the molecule is O=C(CSc1ccc(NC(=O)/C(=C/c2ccc(Cl)cc2Cl)NC(=O)c2ccccc2)cc1)Nc1nc(-c2cccs2)cs1. The Labute approximate surface area is 270 Å². The third-order valence-electron chi connectivity index (χ3n) is 5.80. The lowest BCUT2D eigenvalue weighted by atomic mass is 10.1. The number of hydrogen-bond acceptors (Lipinski definition) is 7. The van der Waals surface area contributed by atoms with E-state index in [2.05, 4.69) is 20.9 Å². The Morgan fingerprint density at radius 2 is 1.67 bits per heavy atom. The minimum Gasteiger partial charge on any atom is -0.321 e. The largest absolute Gasteiger partial charge is 0.321 e. The Balaban J connectivity index is 1.21. The zero-order valence-corrected chi connectivity index (χ0v) is 26.1. The zero-order chi connectivity index (χ0) is 30.2. The van der Waals surface area contributed by atoms with Crippen molar-refractivity contribution in [2.45, 2.75) is 4.90 Å². The van der Waals surface area contributed by atoms with E-state index in [1.165, 1.54) is 29.2 Å². The molecule has 0 radical (unpaired) electrons. The van der Waals surface area contributed by atoms with Gasteiger partial charge in [0.05, 0.1) is 16.3 Å². The van der Waals surface area contributed by atoms with Crippen molar-refractivity contribution >= 4 is 92.3 Å². The first-order valence-corrected chi connectivity index (χ1v) is 16.2. The fourth-order valence-corrected chi connectivity index (χ4v) is 6.37. The molecule has 3 aromatic carbocycles. The molecule has 5 aromatic rings. The van der Waals surface area contributed by atoms with E-state index in [9.17, 15) is 14.4 Å². The molecule has 0 fully saturated rings. The Morgan fingerprint density at radius 1 is 0.884 bits per heavy atom. The summed E-state index contributed by atoms with van der Waals surface area (Å²) >= 11 is 16.7. The summed E-state index contributed by atoms with van der Waals surface area (Å²) in [6.07, 6.45) is 1.49. The lowest BCUT2D eigenvalue weighted by molar-refractivity contribution is -0.114. The number of thioether (sulfide) groups is 1. The van der Waals surface area contributed by atoms with E-state index in [0.29, 0.717) is 32.0 Å². The minimum absolute atomic E-state index is 0.00220. The summed E-state index contributed by atoms with van der Waals surface area (Å²) in [6.45, 7) is 0. The monoisotopic (exact) mass is 664 g/mol. The molecular formula is C31H22Cl2N4O3S3. The van der Waals surface area contributed by atoms with Gasteiger partial charge in [0.15, 0.2) is 5.13 Å². The first-order valence-electron chi connectivity index (χ1n) is 12.7. The normalized spacial score (nSPS) is 11.2. The number of carbonyl (C=O) groups is 3. The standard InChI is InChI=1S/C31H22Cl2N4O3S3/c32-21-9-8-20(24(33)16-21)15-25(35-29(39)19-5-2-1-3-6-19)30(40)34-22-10-12-23(13-11-22)42-18-28(38)37-31-36-26(17-43-31)27-7-4-14-41-27/h1-17H,18H2,(H,34,40)(H,35,39)(H,36,37,38)/b25-15-. The van der Waals surface area contributed by atoms with Crippen LogP contribution >= 0.6 is 57.6 Å². The number of carbonyl (C=O) groups excluding carboxylic acids is 3. The second-order valence-corrected chi connectivity index (χ2v) is 12.6. The summed E-state index contributed by atoms with van der Waals surface area (Å²) in [7, 11) is 0. The van der Waals surface area contributed by atoms with Gasteiger partial charge in [-0.2, -0.15) is 0 Å². The fraction of sp³-hybridized carbons (Fsp3) is 0.0323. The van der Waals surface area contributed by atoms with Gasteiger partial charge in [-0.15, -0.1) is 34.4 Å². The molecule has 3 N–H and O–H groups in total. The van der Waals surface area contributed by atoms with Crippen LogP contribution in [0.25, 0.3) is 16.6 Å². The third kappa shape index (κ3) is 8.56. The highest BCUT2D eigenvalue weighted by Crippen LogP contribution is 2.29. The number of thiophene rings is 1. The number of aromatic nitrogens is 1. The second-order valence-electron chi connectivity index (χ2n) is 8.87. The molecule has 0 spiro atoms. The van der Waals surface area contributed by atoms with E-state index in [4.69, 9.17) is 23.2 Å². The molecule has 0 saturated carbocycles. The molecule has 0 saturated heterocycles. The van der Waals surface area contributed by atoms with Crippen LogP contribution in [0.3, 0.4) is 0 Å². The van der Waals surface area contributed by atoms with E-state index < -0.39 is 11.8 Å². The molecule has 0 aliphatic heterocycles. The number of hydrogen-bond donors (Lipinski definition) is 3. The number of amides is 3. The number of halogens is 2. The van der Waals surface area contributed by atoms with Crippen LogP contribution in [0.15, 0.2) is 106 Å². The van der Waals surface area contributed by atoms with E-state index >= 15 is 0 Å². The van der Waals surface area contributed by atoms with Crippen molar-refractivity contribution in [3.8, 4) is 10.6 Å². The Kier molecular flexibility index (Phi) is 10.3. The molecule has 5 rings (SSSR count). The maximum absolute atomic E-state index is 13.3. The van der Waals surface area contributed by atoms with Crippen LogP contribution in [0, 0.1) is 0 Å². The van der Waals surface area contributed by atoms with E-state index in [1.807, 2.05) is 22.9 Å². The van der Waals surface area contributed by atoms with Crippen LogP contribution in [0.4, 0.5) is 10.8 Å². The molecule has 43 heavy (non-hydrogen) atoms. The molecule has 0 unspecified atom stereocenters. The van der Waals surface area contributed by atoms with Crippen molar-refractivity contribution in [3.05, 3.63) is 123 Å². The number of nitrogens with one attached hydrogen (secondary N) is 3. The molecule has 0 aliphatic carbocycles. The average molecular weight is 666 g/mol. The van der Waals surface area contributed by atoms with Gasteiger partial charge in [0.2, 0.25) is 5.91 Å². The highest BCUT2D eigenvalue weighted by molar-refractivity contribution is 8.00. The van der Waals surface area contributed by atoms with Gasteiger partial charge in [0.25, 0.3) is 11.8 Å².